The molecule has 0 saturated carbocycles. The number of ketones is 1. The maximum Gasteiger partial charge on any atom is 0.226 e. The van der Waals surface area contributed by atoms with Crippen LogP contribution in [-0.2, 0) is 9.59 Å². The van der Waals surface area contributed by atoms with Gasteiger partial charge < -0.3 is 4.90 Å². The number of likely N-dealkylation sites (tertiary alicyclic amines) is 1. The summed E-state index contributed by atoms with van der Waals surface area (Å²) in [4.78, 5) is 26.7. The minimum atomic E-state index is -0.0525. The first kappa shape index (κ1) is 25.2. The van der Waals surface area contributed by atoms with Crippen LogP contribution in [0.3, 0.4) is 0 Å². The van der Waals surface area contributed by atoms with Crippen molar-refractivity contribution < 1.29 is 9.59 Å². The number of allylic oxidation sites excluding steroid dienone is 1. The average Bonchev–Trinajstić information content (AvgIpc) is 2.75. The monoisotopic (exact) mass is 459 g/mol. The molecule has 0 aromatic heterocycles. The highest BCUT2D eigenvalue weighted by Gasteiger charge is 2.39. The lowest BCUT2D eigenvalue weighted by atomic mass is 9.84. The van der Waals surface area contributed by atoms with Crippen molar-refractivity contribution >= 4 is 34.9 Å². The maximum atomic E-state index is 13.1. The van der Waals surface area contributed by atoms with Gasteiger partial charge in [-0.3, -0.25) is 9.59 Å². The van der Waals surface area contributed by atoms with Crippen LogP contribution in [0.25, 0.3) is 0 Å². The Morgan fingerprint density at radius 1 is 1.10 bits per heavy atom. The number of rotatable bonds is 7. The molecule has 5 heteroatoms. The van der Waals surface area contributed by atoms with Crippen molar-refractivity contribution in [2.75, 3.05) is 0 Å². The molecule has 0 bridgehead atoms. The lowest BCUT2D eigenvalue weighted by Crippen LogP contribution is -2.49. The van der Waals surface area contributed by atoms with Gasteiger partial charge in [0.15, 0.2) is 0 Å². The lowest BCUT2D eigenvalue weighted by Gasteiger charge is -2.44. The molecule has 1 fully saturated rings. The summed E-state index contributed by atoms with van der Waals surface area (Å²) in [5.74, 6) is 0.247. The number of carbonyl (C=O) groups excluding carboxylic acids is 2. The first-order valence-electron chi connectivity index (χ1n) is 10.8. The molecule has 166 valence electrons. The molecule has 1 amide bonds. The van der Waals surface area contributed by atoms with Gasteiger partial charge in [0.25, 0.3) is 0 Å². The largest absolute Gasteiger partial charge is 0.332 e. The zero-order chi connectivity index (χ0) is 22.8. The second kappa shape index (κ2) is 12.7. The highest BCUT2D eigenvalue weighted by atomic mass is 35.5. The number of hydrogen-bond donors (Lipinski definition) is 0. The fourth-order valence-electron chi connectivity index (χ4n) is 4.04. The number of carbonyl (C=O) groups is 2. The molecule has 0 N–H and O–H groups in total. The molecule has 2 aromatic rings. The minimum Gasteiger partial charge on any atom is -0.332 e. The van der Waals surface area contributed by atoms with Gasteiger partial charge in [0.05, 0.1) is 6.04 Å². The summed E-state index contributed by atoms with van der Waals surface area (Å²) in [6, 6.07) is 17.1. The van der Waals surface area contributed by atoms with Crippen molar-refractivity contribution in [1.29, 1.82) is 0 Å². The normalized spacial score (nSPS) is 19.2. The Balaban J connectivity index is 0.000000412. The van der Waals surface area contributed by atoms with E-state index in [4.69, 9.17) is 23.2 Å². The van der Waals surface area contributed by atoms with E-state index in [1.54, 1.807) is 6.92 Å². The molecule has 1 aliphatic rings. The molecule has 0 spiro atoms. The topological polar surface area (TPSA) is 37.4 Å². The molecule has 0 aliphatic carbocycles. The first-order chi connectivity index (χ1) is 14.9. The van der Waals surface area contributed by atoms with E-state index < -0.39 is 0 Å². The van der Waals surface area contributed by atoms with Crippen LogP contribution < -0.4 is 0 Å². The van der Waals surface area contributed by atoms with Gasteiger partial charge in [-0.1, -0.05) is 66.5 Å². The smallest absolute Gasteiger partial charge is 0.226 e. The van der Waals surface area contributed by atoms with E-state index in [1.165, 1.54) is 0 Å². The molecule has 1 aliphatic heterocycles. The highest BCUT2D eigenvalue weighted by molar-refractivity contribution is 6.30. The van der Waals surface area contributed by atoms with Crippen molar-refractivity contribution in [2.45, 2.75) is 58.0 Å². The third-order valence-electron chi connectivity index (χ3n) is 5.55. The molecule has 1 heterocycles. The Morgan fingerprint density at radius 2 is 1.71 bits per heavy atom. The summed E-state index contributed by atoms with van der Waals surface area (Å²) in [5, 5.41) is 1.48. The zero-order valence-electron chi connectivity index (χ0n) is 18.3. The predicted octanol–water partition coefficient (Wildman–Crippen LogP) is 7.29. The third-order valence-corrected chi connectivity index (χ3v) is 6.06. The fourth-order valence-corrected chi connectivity index (χ4v) is 4.31. The fraction of sp³-hybridized carbons (Fsp3) is 0.385. The first-order valence-corrected chi connectivity index (χ1v) is 11.5. The van der Waals surface area contributed by atoms with Crippen molar-refractivity contribution in [2.24, 2.45) is 5.92 Å². The SMILES string of the molecule is C=CC[C@H]1CC[C@@H](c2ccc(Cl)cc2)N([C@@H](CC)CC(C)=O)C1=O.Clc1ccccc1. The predicted molar refractivity (Wildman–Crippen MR) is 129 cm³/mol. The molecule has 31 heavy (non-hydrogen) atoms. The van der Waals surface area contributed by atoms with Crippen LogP contribution in [0.5, 0.6) is 0 Å². The summed E-state index contributed by atoms with van der Waals surface area (Å²) < 4.78 is 0. The minimum absolute atomic E-state index is 0.0140. The second-order valence-electron chi connectivity index (χ2n) is 7.88. The quantitative estimate of drug-likeness (QED) is 0.407. The van der Waals surface area contributed by atoms with Gasteiger partial charge in [-0.2, -0.15) is 0 Å². The van der Waals surface area contributed by atoms with E-state index in [-0.39, 0.29) is 29.7 Å². The third kappa shape index (κ3) is 7.52. The highest BCUT2D eigenvalue weighted by Crippen LogP contribution is 2.38. The molecular formula is C26H31Cl2NO2. The van der Waals surface area contributed by atoms with E-state index in [0.29, 0.717) is 17.9 Å². The van der Waals surface area contributed by atoms with Crippen LogP contribution in [0, 0.1) is 5.92 Å². The summed E-state index contributed by atoms with van der Waals surface area (Å²) >= 11 is 11.5. The van der Waals surface area contributed by atoms with Gasteiger partial charge in [0, 0.05) is 28.4 Å². The van der Waals surface area contributed by atoms with Crippen LogP contribution in [0.4, 0.5) is 0 Å². The Hall–Kier alpha value is -2.10. The Morgan fingerprint density at radius 3 is 2.19 bits per heavy atom. The summed E-state index contributed by atoms with van der Waals surface area (Å²) in [5.41, 5.74) is 1.09. The van der Waals surface area contributed by atoms with Crippen molar-refractivity contribution in [3.05, 3.63) is 82.9 Å². The summed E-state index contributed by atoms with van der Waals surface area (Å²) in [6.45, 7) is 7.41. The molecule has 2 aromatic carbocycles. The molecule has 1 saturated heterocycles. The maximum absolute atomic E-state index is 13.1. The Labute approximate surface area is 196 Å². The number of piperidine rings is 1. The molecule has 0 unspecified atom stereocenters. The number of nitrogens with zero attached hydrogens (tertiary/aromatic N) is 1. The number of benzene rings is 2. The van der Waals surface area contributed by atoms with E-state index in [1.807, 2.05) is 72.5 Å². The van der Waals surface area contributed by atoms with Gasteiger partial charge in [-0.05, 0) is 62.4 Å². The zero-order valence-corrected chi connectivity index (χ0v) is 19.8. The molecule has 3 rings (SSSR count). The molecular weight excluding hydrogens is 429 g/mol. The molecule has 3 nitrogen and oxygen atoms in total. The Kier molecular flexibility index (Phi) is 10.3. The second-order valence-corrected chi connectivity index (χ2v) is 8.75. The van der Waals surface area contributed by atoms with Crippen molar-refractivity contribution in [3.8, 4) is 0 Å². The van der Waals surface area contributed by atoms with Gasteiger partial charge in [0.2, 0.25) is 5.91 Å². The van der Waals surface area contributed by atoms with E-state index >= 15 is 0 Å². The summed E-state index contributed by atoms with van der Waals surface area (Å²) in [7, 11) is 0. The number of hydrogen-bond acceptors (Lipinski definition) is 2. The van der Waals surface area contributed by atoms with Crippen LogP contribution in [0.2, 0.25) is 10.0 Å². The number of amides is 1. The van der Waals surface area contributed by atoms with Crippen molar-refractivity contribution in [3.63, 3.8) is 0 Å². The van der Waals surface area contributed by atoms with E-state index in [2.05, 4.69) is 6.58 Å². The average molecular weight is 460 g/mol. The number of Topliss-reactive ketones (excluding diaryl/α,β-unsaturated/α-hetero) is 1. The van der Waals surface area contributed by atoms with Gasteiger partial charge >= 0.3 is 0 Å². The van der Waals surface area contributed by atoms with E-state index in [9.17, 15) is 9.59 Å². The van der Waals surface area contributed by atoms with Crippen LogP contribution in [-0.4, -0.2) is 22.6 Å². The van der Waals surface area contributed by atoms with E-state index in [0.717, 1.165) is 29.8 Å². The Bertz CT molecular complexity index is 851. The van der Waals surface area contributed by atoms with Gasteiger partial charge in [-0.15, -0.1) is 6.58 Å². The summed E-state index contributed by atoms with van der Waals surface area (Å²) in [6.07, 6.45) is 5.45. The molecule has 3 atom stereocenters. The molecule has 0 radical (unpaired) electrons. The van der Waals surface area contributed by atoms with Gasteiger partial charge in [0.1, 0.15) is 5.78 Å². The standard InChI is InChI=1S/C20H26ClNO2.C6H5Cl/c1-4-6-16-9-12-19(15-7-10-17(21)11-8-15)22(20(16)24)18(5-2)13-14(3)23;7-6-4-2-1-3-5-6/h4,7-8,10-11,16,18-19H,1,5-6,9,12-13H2,2-3H3;1-5H/t16-,18-,19-;/m0./s1. The van der Waals surface area contributed by atoms with Crippen molar-refractivity contribution in [1.82, 2.24) is 4.90 Å². The lowest BCUT2D eigenvalue weighted by molar-refractivity contribution is -0.146. The van der Waals surface area contributed by atoms with Crippen LogP contribution in [0.1, 0.15) is 57.6 Å². The van der Waals surface area contributed by atoms with Crippen LogP contribution >= 0.6 is 23.2 Å². The van der Waals surface area contributed by atoms with Crippen LogP contribution in [0.15, 0.2) is 67.3 Å². The van der Waals surface area contributed by atoms with Gasteiger partial charge in [-0.25, -0.2) is 0 Å². The number of halogens is 2.